The maximum Gasteiger partial charge on any atom is 0.270 e. The second-order valence-corrected chi connectivity index (χ2v) is 8.81. The number of amides is 1. The number of nitrogens with zero attached hydrogens (tertiary/aromatic N) is 2. The van der Waals surface area contributed by atoms with Crippen LogP contribution in [0, 0.1) is 0 Å². The summed E-state index contributed by atoms with van der Waals surface area (Å²) in [6.07, 6.45) is 2.68. The van der Waals surface area contributed by atoms with Crippen molar-refractivity contribution in [3.63, 3.8) is 0 Å². The largest absolute Gasteiger partial charge is 0.350 e. The summed E-state index contributed by atoms with van der Waals surface area (Å²) in [6, 6.07) is 8.75. The van der Waals surface area contributed by atoms with Crippen LogP contribution in [0.5, 0.6) is 0 Å². The van der Waals surface area contributed by atoms with Crippen molar-refractivity contribution in [1.29, 1.82) is 0 Å². The Morgan fingerprint density at radius 2 is 2.00 bits per heavy atom. The van der Waals surface area contributed by atoms with Crippen LogP contribution in [0.1, 0.15) is 22.5 Å². The highest BCUT2D eigenvalue weighted by Gasteiger charge is 2.28. The highest BCUT2D eigenvalue weighted by atomic mass is 35.5. The van der Waals surface area contributed by atoms with Gasteiger partial charge in [-0.3, -0.25) is 4.79 Å². The third-order valence-corrected chi connectivity index (χ3v) is 6.09. The molecule has 0 spiro atoms. The zero-order chi connectivity index (χ0) is 18.6. The summed E-state index contributed by atoms with van der Waals surface area (Å²) in [5, 5.41) is 6.47. The Balaban J connectivity index is 1.53. The molecule has 1 fully saturated rings. The van der Waals surface area contributed by atoms with E-state index in [0.29, 0.717) is 24.4 Å². The molecule has 0 radical (unpaired) electrons. The molecule has 2 N–H and O–H groups in total. The van der Waals surface area contributed by atoms with Gasteiger partial charge < -0.3 is 10.6 Å². The van der Waals surface area contributed by atoms with Crippen molar-refractivity contribution < 1.29 is 13.2 Å². The van der Waals surface area contributed by atoms with Gasteiger partial charge in [0.05, 0.1) is 11.5 Å². The number of carbonyl (C=O) groups is 1. The average molecular weight is 395 g/mol. The SMILES string of the molecule is O=C(NCCc1ccc(Cl)cc1)c1ccnc(NC2CCS(=O)(=O)C2)n1. The quantitative estimate of drug-likeness (QED) is 0.773. The van der Waals surface area contributed by atoms with Gasteiger partial charge in [0, 0.05) is 23.8 Å². The van der Waals surface area contributed by atoms with Gasteiger partial charge in [-0.1, -0.05) is 23.7 Å². The molecule has 0 aliphatic carbocycles. The van der Waals surface area contributed by atoms with Gasteiger partial charge in [-0.2, -0.15) is 0 Å². The first-order valence-electron chi connectivity index (χ1n) is 8.24. The number of carbonyl (C=O) groups excluding carboxylic acids is 1. The first-order valence-corrected chi connectivity index (χ1v) is 10.4. The van der Waals surface area contributed by atoms with Crippen LogP contribution in [0.3, 0.4) is 0 Å². The Morgan fingerprint density at radius 3 is 2.69 bits per heavy atom. The number of sulfone groups is 1. The van der Waals surface area contributed by atoms with E-state index in [1.165, 1.54) is 12.3 Å². The number of benzene rings is 1. The van der Waals surface area contributed by atoms with E-state index in [2.05, 4.69) is 20.6 Å². The Morgan fingerprint density at radius 1 is 1.23 bits per heavy atom. The summed E-state index contributed by atoms with van der Waals surface area (Å²) in [5.41, 5.74) is 1.31. The summed E-state index contributed by atoms with van der Waals surface area (Å²) in [6.45, 7) is 0.466. The van der Waals surface area contributed by atoms with Crippen LogP contribution in [-0.2, 0) is 16.3 Å². The van der Waals surface area contributed by atoms with Crippen molar-refractivity contribution in [3.05, 3.63) is 52.8 Å². The van der Waals surface area contributed by atoms with Crippen molar-refractivity contribution in [2.45, 2.75) is 18.9 Å². The van der Waals surface area contributed by atoms with Gasteiger partial charge in [-0.15, -0.1) is 0 Å². The van der Waals surface area contributed by atoms with Crippen molar-refractivity contribution >= 4 is 33.3 Å². The average Bonchev–Trinajstić information content (AvgIpc) is 2.95. The van der Waals surface area contributed by atoms with E-state index < -0.39 is 9.84 Å². The van der Waals surface area contributed by atoms with E-state index in [1.54, 1.807) is 0 Å². The van der Waals surface area contributed by atoms with Crippen molar-refractivity contribution in [2.24, 2.45) is 0 Å². The number of aromatic nitrogens is 2. The minimum Gasteiger partial charge on any atom is -0.350 e. The minimum absolute atomic E-state index is 0.0634. The molecular weight excluding hydrogens is 376 g/mol. The lowest BCUT2D eigenvalue weighted by molar-refractivity contribution is 0.0949. The van der Waals surface area contributed by atoms with Crippen molar-refractivity contribution in [2.75, 3.05) is 23.4 Å². The van der Waals surface area contributed by atoms with Crippen LogP contribution in [0.25, 0.3) is 0 Å². The maximum absolute atomic E-state index is 12.2. The molecule has 1 atom stereocenters. The van der Waals surface area contributed by atoms with Crippen molar-refractivity contribution in [3.8, 4) is 0 Å². The van der Waals surface area contributed by atoms with Gasteiger partial charge in [0.2, 0.25) is 5.95 Å². The summed E-state index contributed by atoms with van der Waals surface area (Å²) < 4.78 is 23.0. The van der Waals surface area contributed by atoms with Gasteiger partial charge in [0.25, 0.3) is 5.91 Å². The molecule has 0 saturated carbocycles. The predicted molar refractivity (Wildman–Crippen MR) is 100 cm³/mol. The zero-order valence-electron chi connectivity index (χ0n) is 14.0. The monoisotopic (exact) mass is 394 g/mol. The fourth-order valence-electron chi connectivity index (χ4n) is 2.71. The Hall–Kier alpha value is -2.19. The van der Waals surface area contributed by atoms with E-state index in [1.807, 2.05) is 24.3 Å². The summed E-state index contributed by atoms with van der Waals surface area (Å²) >= 11 is 5.84. The normalized spacial score (nSPS) is 18.4. The van der Waals surface area contributed by atoms with Crippen LogP contribution in [0.2, 0.25) is 5.02 Å². The molecule has 1 aliphatic heterocycles. The molecule has 26 heavy (non-hydrogen) atoms. The Labute approximate surface area is 157 Å². The lowest BCUT2D eigenvalue weighted by atomic mass is 10.1. The second kappa shape index (κ2) is 8.01. The van der Waals surface area contributed by atoms with Gasteiger partial charge >= 0.3 is 0 Å². The minimum atomic E-state index is -2.99. The molecule has 138 valence electrons. The summed E-state index contributed by atoms with van der Waals surface area (Å²) in [4.78, 5) is 20.5. The number of halogens is 1. The molecule has 9 heteroatoms. The van der Waals surface area contributed by atoms with Crippen LogP contribution in [0.15, 0.2) is 36.5 Å². The first kappa shape index (κ1) is 18.6. The van der Waals surface area contributed by atoms with Crippen LogP contribution < -0.4 is 10.6 Å². The van der Waals surface area contributed by atoms with Crippen LogP contribution >= 0.6 is 11.6 Å². The van der Waals surface area contributed by atoms with Gasteiger partial charge in [-0.25, -0.2) is 18.4 Å². The van der Waals surface area contributed by atoms with Crippen molar-refractivity contribution in [1.82, 2.24) is 15.3 Å². The molecule has 2 aromatic rings. The lowest BCUT2D eigenvalue weighted by Crippen LogP contribution is -2.27. The third kappa shape index (κ3) is 5.15. The van der Waals surface area contributed by atoms with Crippen LogP contribution in [0.4, 0.5) is 5.95 Å². The molecule has 7 nitrogen and oxygen atoms in total. The highest BCUT2D eigenvalue weighted by molar-refractivity contribution is 7.91. The third-order valence-electron chi connectivity index (χ3n) is 4.07. The molecule has 1 unspecified atom stereocenters. The zero-order valence-corrected chi connectivity index (χ0v) is 15.6. The van der Waals surface area contributed by atoms with E-state index >= 15 is 0 Å². The smallest absolute Gasteiger partial charge is 0.270 e. The molecule has 3 rings (SSSR count). The molecule has 1 aromatic heterocycles. The fourth-order valence-corrected chi connectivity index (χ4v) is 4.51. The predicted octanol–water partition coefficient (Wildman–Crippen LogP) is 1.70. The standard InChI is InChI=1S/C17H19ClN4O3S/c18-13-3-1-12(2-4-13)5-8-19-16(23)15-6-9-20-17(22-15)21-14-7-10-26(24,25)11-14/h1-4,6,9,14H,5,7-8,10-11H2,(H,19,23)(H,20,21,22). The molecule has 1 aliphatic rings. The highest BCUT2D eigenvalue weighted by Crippen LogP contribution is 2.15. The molecular formula is C17H19ClN4O3S. The van der Waals surface area contributed by atoms with E-state index in [9.17, 15) is 13.2 Å². The van der Waals surface area contributed by atoms with Gasteiger partial charge in [0.1, 0.15) is 5.69 Å². The molecule has 1 amide bonds. The number of rotatable bonds is 6. The van der Waals surface area contributed by atoms with E-state index in [4.69, 9.17) is 11.6 Å². The fraction of sp³-hybridized carbons (Fsp3) is 0.353. The second-order valence-electron chi connectivity index (χ2n) is 6.14. The summed E-state index contributed by atoms with van der Waals surface area (Å²) in [5.74, 6) is 0.185. The Bertz CT molecular complexity index is 887. The maximum atomic E-state index is 12.2. The molecule has 1 aromatic carbocycles. The number of hydrogen-bond acceptors (Lipinski definition) is 6. The van der Waals surface area contributed by atoms with Gasteiger partial charge in [-0.05, 0) is 36.6 Å². The number of anilines is 1. The molecule has 2 heterocycles. The molecule has 1 saturated heterocycles. The number of hydrogen-bond donors (Lipinski definition) is 2. The number of nitrogens with one attached hydrogen (secondary N) is 2. The van der Waals surface area contributed by atoms with Crippen LogP contribution in [-0.4, -0.2) is 48.4 Å². The topological polar surface area (TPSA) is 101 Å². The van der Waals surface area contributed by atoms with E-state index in [0.717, 1.165) is 5.56 Å². The summed E-state index contributed by atoms with van der Waals surface area (Å²) in [7, 11) is -2.99. The first-order chi connectivity index (χ1) is 12.4. The molecule has 0 bridgehead atoms. The Kier molecular flexibility index (Phi) is 5.73. The van der Waals surface area contributed by atoms with E-state index in [-0.39, 0.29) is 35.1 Å². The van der Waals surface area contributed by atoms with Gasteiger partial charge in [0.15, 0.2) is 9.84 Å². The lowest BCUT2D eigenvalue weighted by Gasteiger charge is -2.11.